The van der Waals surface area contributed by atoms with Crippen LogP contribution in [0.1, 0.15) is 149 Å². The highest BCUT2D eigenvalue weighted by molar-refractivity contribution is 5.69. The van der Waals surface area contributed by atoms with Gasteiger partial charge in [-0.25, -0.2) is 0 Å². The number of unbranched alkanes of at least 4 members (excludes halogenated alkanes) is 17. The molecule has 1 aliphatic rings. The summed E-state index contributed by atoms with van der Waals surface area (Å²) in [4.78, 5) is 12.5. The summed E-state index contributed by atoms with van der Waals surface area (Å²) in [5, 5.41) is 39.7. The second kappa shape index (κ2) is 29.1. The van der Waals surface area contributed by atoms with Crippen LogP contribution < -0.4 is 0 Å². The zero-order valence-electron chi connectivity index (χ0n) is 28.6. The first kappa shape index (κ1) is 42.0. The number of carbonyl (C=O) groups is 1. The number of hydrogen-bond donors (Lipinski definition) is 4. The molecular weight excluding hydrogens is 576 g/mol. The second-order valence-electron chi connectivity index (χ2n) is 12.7. The van der Waals surface area contributed by atoms with Crippen molar-refractivity contribution in [2.24, 2.45) is 0 Å². The van der Waals surface area contributed by atoms with Crippen molar-refractivity contribution in [2.45, 2.75) is 185 Å². The molecular formula is C36H68O9. The number of esters is 1. The van der Waals surface area contributed by atoms with Gasteiger partial charge in [0.25, 0.3) is 0 Å². The summed E-state index contributed by atoms with van der Waals surface area (Å²) in [5.41, 5.74) is 0. The van der Waals surface area contributed by atoms with Crippen LogP contribution in [0.5, 0.6) is 0 Å². The van der Waals surface area contributed by atoms with Gasteiger partial charge < -0.3 is 39.4 Å². The molecule has 1 rings (SSSR count). The van der Waals surface area contributed by atoms with Crippen LogP contribution in [0.3, 0.4) is 0 Å². The van der Waals surface area contributed by atoms with E-state index in [4.69, 9.17) is 18.9 Å². The SMILES string of the molecule is CCCCCCCCC/C=C\CCCCCCCCOCC(COC1OC(CO)C(O)C(O)C1O)OC(=O)CCCCCCC. The Hall–Kier alpha value is -1.07. The summed E-state index contributed by atoms with van der Waals surface area (Å²) >= 11 is 0. The van der Waals surface area contributed by atoms with E-state index >= 15 is 0 Å². The molecule has 6 atom stereocenters. The summed E-state index contributed by atoms with van der Waals surface area (Å²) in [6, 6.07) is 0. The Morgan fingerprint density at radius 2 is 1.22 bits per heavy atom. The Morgan fingerprint density at radius 1 is 0.689 bits per heavy atom. The van der Waals surface area contributed by atoms with Crippen LogP contribution >= 0.6 is 0 Å². The van der Waals surface area contributed by atoms with Gasteiger partial charge >= 0.3 is 5.97 Å². The fourth-order valence-corrected chi connectivity index (χ4v) is 5.48. The van der Waals surface area contributed by atoms with E-state index in [0.29, 0.717) is 13.0 Å². The van der Waals surface area contributed by atoms with Crippen LogP contribution in [0.15, 0.2) is 12.2 Å². The minimum absolute atomic E-state index is 0.113. The predicted molar refractivity (Wildman–Crippen MR) is 178 cm³/mol. The molecule has 0 aliphatic carbocycles. The monoisotopic (exact) mass is 644 g/mol. The van der Waals surface area contributed by atoms with Gasteiger partial charge in [-0.2, -0.15) is 0 Å². The number of aliphatic hydroxyl groups excluding tert-OH is 4. The van der Waals surface area contributed by atoms with Gasteiger partial charge in [0.15, 0.2) is 6.29 Å². The van der Waals surface area contributed by atoms with Crippen LogP contribution in [0, 0.1) is 0 Å². The highest BCUT2D eigenvalue weighted by Crippen LogP contribution is 2.22. The quantitative estimate of drug-likeness (QED) is 0.0392. The summed E-state index contributed by atoms with van der Waals surface area (Å²) in [6.45, 7) is 4.44. The summed E-state index contributed by atoms with van der Waals surface area (Å²) < 4.78 is 22.5. The zero-order valence-corrected chi connectivity index (χ0v) is 28.6. The Balaban J connectivity index is 2.24. The molecule has 1 aliphatic heterocycles. The Bertz CT molecular complexity index is 702. The van der Waals surface area contributed by atoms with E-state index in [9.17, 15) is 25.2 Å². The largest absolute Gasteiger partial charge is 0.457 e. The topological polar surface area (TPSA) is 135 Å². The molecule has 266 valence electrons. The first-order valence-electron chi connectivity index (χ1n) is 18.3. The van der Waals surface area contributed by atoms with Crippen molar-refractivity contribution in [2.75, 3.05) is 26.4 Å². The molecule has 9 nitrogen and oxygen atoms in total. The average molecular weight is 645 g/mol. The molecule has 0 amide bonds. The number of allylic oxidation sites excluding steroid dienone is 2. The van der Waals surface area contributed by atoms with E-state index in [-0.39, 0.29) is 19.2 Å². The lowest BCUT2D eigenvalue weighted by Gasteiger charge is -2.39. The van der Waals surface area contributed by atoms with Crippen molar-refractivity contribution in [3.63, 3.8) is 0 Å². The zero-order chi connectivity index (χ0) is 33.0. The van der Waals surface area contributed by atoms with Crippen molar-refractivity contribution < 1.29 is 44.2 Å². The van der Waals surface area contributed by atoms with E-state index in [1.165, 1.54) is 83.5 Å². The highest BCUT2D eigenvalue weighted by Gasteiger charge is 2.44. The molecule has 0 bridgehead atoms. The average Bonchev–Trinajstić information content (AvgIpc) is 3.04. The third-order valence-corrected chi connectivity index (χ3v) is 8.43. The van der Waals surface area contributed by atoms with Gasteiger partial charge in [0.05, 0.1) is 19.8 Å². The lowest BCUT2D eigenvalue weighted by Crippen LogP contribution is -2.59. The lowest BCUT2D eigenvalue weighted by atomic mass is 9.99. The van der Waals surface area contributed by atoms with Gasteiger partial charge in [-0.15, -0.1) is 0 Å². The smallest absolute Gasteiger partial charge is 0.306 e. The van der Waals surface area contributed by atoms with Gasteiger partial charge in [-0.3, -0.25) is 4.79 Å². The summed E-state index contributed by atoms with van der Waals surface area (Å²) in [6.07, 6.45) is 21.4. The fourth-order valence-electron chi connectivity index (χ4n) is 5.48. The van der Waals surface area contributed by atoms with Crippen molar-refractivity contribution in [3.05, 3.63) is 12.2 Å². The van der Waals surface area contributed by atoms with Gasteiger partial charge in [-0.1, -0.05) is 116 Å². The molecule has 4 N–H and O–H groups in total. The molecule has 0 radical (unpaired) electrons. The van der Waals surface area contributed by atoms with Crippen LogP contribution in [-0.4, -0.2) is 89.6 Å². The molecule has 0 aromatic heterocycles. The Labute approximate surface area is 274 Å². The maximum atomic E-state index is 12.5. The highest BCUT2D eigenvalue weighted by atomic mass is 16.7. The van der Waals surface area contributed by atoms with Gasteiger partial charge in [0.1, 0.15) is 30.5 Å². The molecule has 1 fully saturated rings. The van der Waals surface area contributed by atoms with E-state index in [0.717, 1.165) is 44.9 Å². The van der Waals surface area contributed by atoms with E-state index in [2.05, 4.69) is 26.0 Å². The van der Waals surface area contributed by atoms with Crippen LogP contribution in [0.25, 0.3) is 0 Å². The Kier molecular flexibility index (Phi) is 27.1. The second-order valence-corrected chi connectivity index (χ2v) is 12.7. The molecule has 0 spiro atoms. The first-order valence-corrected chi connectivity index (χ1v) is 18.3. The van der Waals surface area contributed by atoms with Crippen molar-refractivity contribution in [3.8, 4) is 0 Å². The molecule has 45 heavy (non-hydrogen) atoms. The minimum Gasteiger partial charge on any atom is -0.457 e. The third-order valence-electron chi connectivity index (χ3n) is 8.43. The van der Waals surface area contributed by atoms with Gasteiger partial charge in [-0.05, 0) is 38.5 Å². The predicted octanol–water partition coefficient (Wildman–Crippen LogP) is 6.52. The molecule has 9 heteroatoms. The van der Waals surface area contributed by atoms with Crippen molar-refractivity contribution in [1.82, 2.24) is 0 Å². The summed E-state index contributed by atoms with van der Waals surface area (Å²) in [5.74, 6) is -0.329. The summed E-state index contributed by atoms with van der Waals surface area (Å²) in [7, 11) is 0. The van der Waals surface area contributed by atoms with Crippen LogP contribution in [0.4, 0.5) is 0 Å². The standard InChI is InChI=1S/C36H68O9/c1-3-5-7-9-10-11-12-13-14-15-16-17-18-19-20-22-24-26-42-28-30(44-32(38)25-23-21-8-6-4-2)29-43-36-35(41)34(40)33(39)31(27-37)45-36/h14-15,30-31,33-37,39-41H,3-13,16-29H2,1-2H3/b15-14-. The lowest BCUT2D eigenvalue weighted by molar-refractivity contribution is -0.305. The third kappa shape index (κ3) is 21.4. The molecule has 6 unspecified atom stereocenters. The number of ether oxygens (including phenoxy) is 4. The molecule has 0 saturated carbocycles. The molecule has 0 aromatic rings. The minimum atomic E-state index is -1.53. The Morgan fingerprint density at radius 3 is 1.80 bits per heavy atom. The van der Waals surface area contributed by atoms with E-state index in [1.807, 2.05) is 0 Å². The number of carbonyl (C=O) groups excluding carboxylic acids is 1. The maximum absolute atomic E-state index is 12.5. The van der Waals surface area contributed by atoms with Crippen molar-refractivity contribution in [1.29, 1.82) is 0 Å². The fraction of sp³-hybridized carbons (Fsp3) is 0.917. The molecule has 1 saturated heterocycles. The maximum Gasteiger partial charge on any atom is 0.306 e. The molecule has 1 heterocycles. The number of aliphatic hydroxyl groups is 4. The van der Waals surface area contributed by atoms with Crippen LogP contribution in [-0.2, 0) is 23.7 Å². The number of rotatable bonds is 30. The first-order chi connectivity index (χ1) is 21.9. The molecule has 0 aromatic carbocycles. The number of hydrogen-bond acceptors (Lipinski definition) is 9. The normalized spacial score (nSPS) is 22.7. The van der Waals surface area contributed by atoms with Crippen molar-refractivity contribution >= 4 is 5.97 Å². The van der Waals surface area contributed by atoms with Crippen LogP contribution in [0.2, 0.25) is 0 Å². The van der Waals surface area contributed by atoms with Gasteiger partial charge in [0.2, 0.25) is 0 Å². The van der Waals surface area contributed by atoms with E-state index in [1.54, 1.807) is 0 Å². The van der Waals surface area contributed by atoms with E-state index < -0.39 is 43.4 Å². The van der Waals surface area contributed by atoms with Gasteiger partial charge in [0, 0.05) is 13.0 Å².